The number of benzene rings is 1. The zero-order valence-electron chi connectivity index (χ0n) is 17.1. The van der Waals surface area contributed by atoms with Crippen LogP contribution in [0, 0.1) is 0 Å². The summed E-state index contributed by atoms with van der Waals surface area (Å²) in [7, 11) is 0. The molecule has 8 bridgehead atoms. The normalized spacial score (nSPS) is 20.1. The van der Waals surface area contributed by atoms with E-state index in [4.69, 9.17) is 14.7 Å². The molecule has 0 amide bonds. The van der Waals surface area contributed by atoms with Gasteiger partial charge in [0.15, 0.2) is 0 Å². The molecule has 0 fully saturated rings. The zero-order valence-corrected chi connectivity index (χ0v) is 17.1. The quantitative estimate of drug-likeness (QED) is 0.677. The highest BCUT2D eigenvalue weighted by Gasteiger charge is 2.18. The summed E-state index contributed by atoms with van der Waals surface area (Å²) in [5.74, 6) is 0.721. The Kier molecular flexibility index (Phi) is 4.43. The van der Waals surface area contributed by atoms with Crippen LogP contribution in [-0.2, 0) is 11.3 Å². The highest BCUT2D eigenvalue weighted by atomic mass is 16.5. The maximum Gasteiger partial charge on any atom is 0.147 e. The summed E-state index contributed by atoms with van der Waals surface area (Å²) in [6.07, 6.45) is 21.7. The highest BCUT2D eigenvalue weighted by Crippen LogP contribution is 2.24. The summed E-state index contributed by atoms with van der Waals surface area (Å²) >= 11 is 0. The first-order chi connectivity index (χ1) is 15.8. The first-order valence-electron chi connectivity index (χ1n) is 10.4. The molecule has 5 heteroatoms. The summed E-state index contributed by atoms with van der Waals surface area (Å²) in [6.45, 7) is 0.471. The third-order valence-electron chi connectivity index (χ3n) is 5.24. The van der Waals surface area contributed by atoms with Gasteiger partial charge in [-0.15, -0.1) is 0 Å². The fourth-order valence-corrected chi connectivity index (χ4v) is 3.72. The van der Waals surface area contributed by atoms with E-state index in [-0.39, 0.29) is 0 Å². The average molecular weight is 414 g/mol. The molecule has 0 saturated carbocycles. The van der Waals surface area contributed by atoms with E-state index in [2.05, 4.69) is 9.98 Å². The fraction of sp³-hybridized carbons (Fsp3) is 0.0370. The number of ether oxygens (including phenoxy) is 1. The van der Waals surface area contributed by atoms with E-state index < -0.39 is 0 Å². The molecule has 5 aliphatic rings. The van der Waals surface area contributed by atoms with Gasteiger partial charge < -0.3 is 4.74 Å². The van der Waals surface area contributed by atoms with Crippen molar-refractivity contribution in [3.8, 4) is 0 Å². The van der Waals surface area contributed by atoms with Gasteiger partial charge in [0.05, 0.1) is 39.9 Å². The SMILES string of the molecule is C1=CC2=NC1=CC1=NC(=CC3=NC(=CC4=NC(=C2)C=C4)C=C3OCc2ccccc2)C=C1. The Bertz CT molecular complexity index is 1380. The average Bonchev–Trinajstić information content (AvgIpc) is 3.58. The largest absolute Gasteiger partial charge is 0.487 e. The minimum Gasteiger partial charge on any atom is -0.487 e. The summed E-state index contributed by atoms with van der Waals surface area (Å²) in [5, 5.41) is 0. The number of hydrogen-bond acceptors (Lipinski definition) is 5. The van der Waals surface area contributed by atoms with E-state index >= 15 is 0 Å². The standard InChI is InChI=1S/C27H18N4O/c1-2-4-18(5-3-1)17-32-27-16-25-14-23-9-8-21(29-23)12-19-6-7-20(28-19)13-22-10-11-24(30-22)15-26(27)31-25/h1-16H,17H2. The molecular formula is C27H18N4O. The molecule has 0 saturated heterocycles. The van der Waals surface area contributed by atoms with E-state index in [1.807, 2.05) is 97.2 Å². The number of rotatable bonds is 3. The van der Waals surface area contributed by atoms with Crippen LogP contribution < -0.4 is 0 Å². The predicted molar refractivity (Wildman–Crippen MR) is 129 cm³/mol. The van der Waals surface area contributed by atoms with E-state index in [0.717, 1.165) is 57.0 Å². The lowest BCUT2D eigenvalue weighted by atomic mass is 10.2. The van der Waals surface area contributed by atoms with Gasteiger partial charge >= 0.3 is 0 Å². The lowest BCUT2D eigenvalue weighted by molar-refractivity contribution is 0.219. The molecule has 0 atom stereocenters. The Hall–Kier alpha value is -4.38. The van der Waals surface area contributed by atoms with Crippen molar-refractivity contribution < 1.29 is 4.74 Å². The molecule has 32 heavy (non-hydrogen) atoms. The van der Waals surface area contributed by atoms with Gasteiger partial charge in [0, 0.05) is 6.08 Å². The topological polar surface area (TPSA) is 58.7 Å². The second kappa shape index (κ2) is 7.71. The van der Waals surface area contributed by atoms with Crippen LogP contribution in [0.2, 0.25) is 0 Å². The Labute approximate surface area is 185 Å². The summed E-state index contributed by atoms with van der Waals surface area (Å²) in [4.78, 5) is 18.8. The molecule has 5 nitrogen and oxygen atoms in total. The molecule has 0 N–H and O–H groups in total. The van der Waals surface area contributed by atoms with Crippen molar-refractivity contribution in [2.24, 2.45) is 20.0 Å². The van der Waals surface area contributed by atoms with Crippen LogP contribution in [0.25, 0.3) is 0 Å². The van der Waals surface area contributed by atoms with Gasteiger partial charge in [-0.25, -0.2) is 20.0 Å². The van der Waals surface area contributed by atoms with Gasteiger partial charge in [-0.1, -0.05) is 30.3 Å². The van der Waals surface area contributed by atoms with Gasteiger partial charge in [0.25, 0.3) is 0 Å². The third kappa shape index (κ3) is 3.84. The van der Waals surface area contributed by atoms with Gasteiger partial charge in [-0.3, -0.25) is 0 Å². The molecule has 0 spiro atoms. The minimum atomic E-state index is 0.471. The lowest BCUT2D eigenvalue weighted by Gasteiger charge is -2.07. The summed E-state index contributed by atoms with van der Waals surface area (Å²) < 4.78 is 6.14. The van der Waals surface area contributed by atoms with Gasteiger partial charge in [0.2, 0.25) is 0 Å². The van der Waals surface area contributed by atoms with Crippen LogP contribution in [-0.4, -0.2) is 22.8 Å². The Morgan fingerprint density at radius 2 is 1.09 bits per heavy atom. The van der Waals surface area contributed by atoms with Crippen LogP contribution >= 0.6 is 0 Å². The number of allylic oxidation sites excluding steroid dienone is 11. The van der Waals surface area contributed by atoms with Crippen LogP contribution in [0.4, 0.5) is 0 Å². The lowest BCUT2D eigenvalue weighted by Crippen LogP contribution is -2.02. The molecule has 0 aromatic heterocycles. The molecule has 0 radical (unpaired) electrons. The second-order valence-electron chi connectivity index (χ2n) is 7.67. The maximum atomic E-state index is 6.14. The number of hydrogen-bond donors (Lipinski definition) is 0. The van der Waals surface area contributed by atoms with Crippen molar-refractivity contribution in [3.05, 3.63) is 131 Å². The first-order valence-corrected chi connectivity index (χ1v) is 10.4. The van der Waals surface area contributed by atoms with Crippen molar-refractivity contribution in [2.75, 3.05) is 0 Å². The van der Waals surface area contributed by atoms with Crippen molar-refractivity contribution in [1.82, 2.24) is 0 Å². The Morgan fingerprint density at radius 3 is 1.72 bits per heavy atom. The second-order valence-corrected chi connectivity index (χ2v) is 7.67. The third-order valence-corrected chi connectivity index (χ3v) is 5.24. The predicted octanol–water partition coefficient (Wildman–Crippen LogP) is 5.12. The molecule has 152 valence electrons. The summed E-state index contributed by atoms with van der Waals surface area (Å²) in [5.41, 5.74) is 7.76. The van der Waals surface area contributed by atoms with Crippen LogP contribution in [0.5, 0.6) is 0 Å². The van der Waals surface area contributed by atoms with Gasteiger partial charge in [-0.2, -0.15) is 0 Å². The molecule has 5 heterocycles. The molecule has 0 aliphatic carbocycles. The Balaban J connectivity index is 1.39. The molecule has 0 unspecified atom stereocenters. The molecule has 1 aromatic carbocycles. The zero-order chi connectivity index (χ0) is 21.3. The maximum absolute atomic E-state index is 6.14. The van der Waals surface area contributed by atoms with Gasteiger partial charge in [-0.05, 0) is 66.3 Å². The van der Waals surface area contributed by atoms with Crippen molar-refractivity contribution in [2.45, 2.75) is 6.61 Å². The summed E-state index contributed by atoms with van der Waals surface area (Å²) in [6, 6.07) is 10.1. The minimum absolute atomic E-state index is 0.471. The van der Waals surface area contributed by atoms with Crippen LogP contribution in [0.1, 0.15) is 5.56 Å². The molecule has 1 aromatic rings. The van der Waals surface area contributed by atoms with Crippen LogP contribution in [0.15, 0.2) is 146 Å². The van der Waals surface area contributed by atoms with E-state index in [1.165, 1.54) is 0 Å². The smallest absolute Gasteiger partial charge is 0.147 e. The van der Waals surface area contributed by atoms with Crippen molar-refractivity contribution in [1.29, 1.82) is 0 Å². The number of nitrogens with zero attached hydrogens (tertiary/aromatic N) is 4. The van der Waals surface area contributed by atoms with Gasteiger partial charge in [0.1, 0.15) is 18.1 Å². The van der Waals surface area contributed by atoms with E-state index in [0.29, 0.717) is 6.61 Å². The van der Waals surface area contributed by atoms with Crippen molar-refractivity contribution in [3.63, 3.8) is 0 Å². The van der Waals surface area contributed by atoms with E-state index in [9.17, 15) is 0 Å². The number of aliphatic imine (C=N–C) groups is 4. The number of fused-ring (bicyclic) bond motifs is 4. The van der Waals surface area contributed by atoms with E-state index in [1.54, 1.807) is 0 Å². The van der Waals surface area contributed by atoms with Crippen molar-refractivity contribution >= 4 is 22.8 Å². The molecular weight excluding hydrogens is 396 g/mol. The Morgan fingerprint density at radius 1 is 0.531 bits per heavy atom. The highest BCUT2D eigenvalue weighted by molar-refractivity contribution is 6.15. The van der Waals surface area contributed by atoms with Crippen LogP contribution in [0.3, 0.4) is 0 Å². The first kappa shape index (κ1) is 18.4. The fourth-order valence-electron chi connectivity index (χ4n) is 3.72. The monoisotopic (exact) mass is 414 g/mol. The molecule has 5 aliphatic heterocycles. The molecule has 6 rings (SSSR count).